The molecule has 2 aromatic rings. The van der Waals surface area contributed by atoms with E-state index in [1.54, 1.807) is 10.7 Å². The molecule has 0 spiro atoms. The van der Waals surface area contributed by atoms with Gasteiger partial charge in [0, 0.05) is 11.3 Å². The first kappa shape index (κ1) is 14.0. The van der Waals surface area contributed by atoms with Crippen molar-refractivity contribution in [2.24, 2.45) is 0 Å². The van der Waals surface area contributed by atoms with Gasteiger partial charge >= 0.3 is 0 Å². The van der Waals surface area contributed by atoms with E-state index in [9.17, 15) is 8.42 Å². The predicted octanol–water partition coefficient (Wildman–Crippen LogP) is 0.808. The summed E-state index contributed by atoms with van der Waals surface area (Å²) in [7, 11) is -3.01. The van der Waals surface area contributed by atoms with Crippen LogP contribution in [0, 0.1) is 6.92 Å². The second kappa shape index (κ2) is 5.10. The molecule has 1 aromatic carbocycles. The number of aryl methyl sites for hydroxylation is 1. The van der Waals surface area contributed by atoms with E-state index in [4.69, 9.17) is 5.73 Å². The van der Waals surface area contributed by atoms with E-state index >= 15 is 0 Å². The third-order valence-electron chi connectivity index (χ3n) is 3.90. The van der Waals surface area contributed by atoms with Crippen LogP contribution in [0.1, 0.15) is 18.4 Å². The van der Waals surface area contributed by atoms with Gasteiger partial charge in [-0.3, -0.25) is 0 Å². The number of benzene rings is 1. The molecule has 7 nitrogen and oxygen atoms in total. The molecule has 112 valence electrons. The molecule has 1 fully saturated rings. The number of rotatable bonds is 3. The van der Waals surface area contributed by atoms with Crippen molar-refractivity contribution in [1.82, 2.24) is 20.2 Å². The maximum atomic E-state index is 11.9. The predicted molar refractivity (Wildman–Crippen MR) is 79.2 cm³/mol. The van der Waals surface area contributed by atoms with Crippen LogP contribution in [-0.2, 0) is 16.4 Å². The molecule has 21 heavy (non-hydrogen) atoms. The Morgan fingerprint density at radius 2 is 2.24 bits per heavy atom. The zero-order valence-corrected chi connectivity index (χ0v) is 12.5. The molecular weight excluding hydrogens is 290 g/mol. The molecule has 0 amide bonds. The first-order chi connectivity index (χ1) is 9.97. The van der Waals surface area contributed by atoms with Gasteiger partial charge in [0.25, 0.3) is 0 Å². The normalized spacial score (nSPS) is 20.7. The highest BCUT2D eigenvalue weighted by atomic mass is 32.2. The zero-order chi connectivity index (χ0) is 15.0. The Kier molecular flexibility index (Phi) is 3.40. The summed E-state index contributed by atoms with van der Waals surface area (Å²) in [5.41, 5.74) is 8.29. The molecule has 8 heteroatoms. The van der Waals surface area contributed by atoms with Gasteiger partial charge in [0.1, 0.15) is 0 Å². The number of hydrogen-bond donors (Lipinski definition) is 1. The first-order valence-electron chi connectivity index (χ1n) is 6.81. The van der Waals surface area contributed by atoms with Gasteiger partial charge < -0.3 is 5.73 Å². The summed E-state index contributed by atoms with van der Waals surface area (Å²) in [6.07, 6.45) is 1.38. The van der Waals surface area contributed by atoms with E-state index < -0.39 is 15.1 Å². The van der Waals surface area contributed by atoms with Crippen molar-refractivity contribution in [2.75, 3.05) is 11.5 Å². The highest BCUT2D eigenvalue weighted by Gasteiger charge is 2.32. The van der Waals surface area contributed by atoms with Crippen molar-refractivity contribution in [3.63, 3.8) is 0 Å². The highest BCUT2D eigenvalue weighted by molar-refractivity contribution is 7.92. The second-order valence-corrected chi connectivity index (χ2v) is 7.79. The number of nitrogens with two attached hydrogens (primary N) is 1. The average Bonchev–Trinajstić information content (AvgIpc) is 3.01. The summed E-state index contributed by atoms with van der Waals surface area (Å²) in [4.78, 5) is 0. The summed E-state index contributed by atoms with van der Waals surface area (Å²) in [5, 5.41) is 11.2. The number of sulfone groups is 1. The van der Waals surface area contributed by atoms with Gasteiger partial charge in [-0.2, -0.15) is 0 Å². The Bertz CT molecular complexity index is 769. The minimum absolute atomic E-state index is 0.260. The van der Waals surface area contributed by atoms with Crippen molar-refractivity contribution < 1.29 is 8.42 Å². The van der Waals surface area contributed by atoms with Gasteiger partial charge in [-0.15, -0.1) is 5.10 Å². The van der Waals surface area contributed by atoms with Gasteiger partial charge in [0.15, 0.2) is 15.7 Å². The number of aromatic nitrogens is 4. The number of anilines is 1. The first-order valence-corrected chi connectivity index (χ1v) is 8.53. The molecule has 0 bridgehead atoms. The van der Waals surface area contributed by atoms with Crippen LogP contribution in [0.15, 0.2) is 18.2 Å². The minimum Gasteiger partial charge on any atom is -0.399 e. The summed E-state index contributed by atoms with van der Waals surface area (Å²) in [5.74, 6) is 0.830. The minimum atomic E-state index is -3.01. The van der Waals surface area contributed by atoms with E-state index in [1.165, 1.54) is 0 Å². The lowest BCUT2D eigenvalue weighted by Gasteiger charge is -2.11. The van der Waals surface area contributed by atoms with Gasteiger partial charge in [-0.25, -0.2) is 13.1 Å². The fourth-order valence-electron chi connectivity index (χ4n) is 2.61. The van der Waals surface area contributed by atoms with Crippen LogP contribution in [0.3, 0.4) is 0 Å². The standard InChI is InChI=1S/C13H17N5O2S/c1-9-7-10(4-5-12(9)14)13-15-16-17-18(13)8-11-3-2-6-21(11,19)20/h4-5,7,11H,2-3,6,8,14H2,1H3. The van der Waals surface area contributed by atoms with Crippen LogP contribution < -0.4 is 5.73 Å². The molecule has 1 aliphatic heterocycles. The molecule has 1 unspecified atom stereocenters. The summed E-state index contributed by atoms with van der Waals surface area (Å²) in [6, 6.07) is 5.55. The fraction of sp³-hybridized carbons (Fsp3) is 0.462. The largest absolute Gasteiger partial charge is 0.399 e. The van der Waals surface area contributed by atoms with Gasteiger partial charge in [0.05, 0.1) is 17.5 Å². The van der Waals surface area contributed by atoms with Crippen LogP contribution in [0.5, 0.6) is 0 Å². The van der Waals surface area contributed by atoms with Crippen LogP contribution in [0.2, 0.25) is 0 Å². The van der Waals surface area contributed by atoms with Gasteiger partial charge in [0.2, 0.25) is 0 Å². The second-order valence-electron chi connectivity index (χ2n) is 5.39. The van der Waals surface area contributed by atoms with E-state index in [1.807, 2.05) is 19.1 Å². The Morgan fingerprint density at radius 3 is 2.90 bits per heavy atom. The van der Waals surface area contributed by atoms with Crippen LogP contribution in [0.25, 0.3) is 11.4 Å². The quantitative estimate of drug-likeness (QED) is 0.841. The third-order valence-corrected chi connectivity index (χ3v) is 6.16. The Labute approximate surface area is 123 Å². The summed E-state index contributed by atoms with van der Waals surface area (Å²) >= 11 is 0. The van der Waals surface area contributed by atoms with Crippen molar-refractivity contribution in [1.29, 1.82) is 0 Å². The zero-order valence-electron chi connectivity index (χ0n) is 11.7. The monoisotopic (exact) mass is 307 g/mol. The number of nitrogen functional groups attached to an aromatic ring is 1. The van der Waals surface area contributed by atoms with Gasteiger partial charge in [-0.05, 0) is 54.0 Å². The number of hydrogen-bond acceptors (Lipinski definition) is 6. The fourth-order valence-corrected chi connectivity index (χ4v) is 4.40. The van der Waals surface area contributed by atoms with Crippen LogP contribution in [-0.4, -0.2) is 39.6 Å². The smallest absolute Gasteiger partial charge is 0.182 e. The van der Waals surface area contributed by atoms with Crippen molar-refractivity contribution in [2.45, 2.75) is 31.6 Å². The van der Waals surface area contributed by atoms with E-state index in [2.05, 4.69) is 15.5 Å². The molecular formula is C13H17N5O2S. The summed E-state index contributed by atoms with van der Waals surface area (Å²) < 4.78 is 25.4. The molecule has 0 aliphatic carbocycles. The van der Waals surface area contributed by atoms with Gasteiger partial charge in [-0.1, -0.05) is 0 Å². The Balaban J connectivity index is 1.92. The highest BCUT2D eigenvalue weighted by Crippen LogP contribution is 2.25. The van der Waals surface area contributed by atoms with Crippen LogP contribution >= 0.6 is 0 Å². The molecule has 1 aliphatic rings. The maximum Gasteiger partial charge on any atom is 0.182 e. The third kappa shape index (κ3) is 2.63. The Hall–Kier alpha value is -1.96. The average molecular weight is 307 g/mol. The molecule has 1 aromatic heterocycles. The van der Waals surface area contributed by atoms with E-state index in [-0.39, 0.29) is 5.75 Å². The molecule has 0 radical (unpaired) electrons. The lowest BCUT2D eigenvalue weighted by Crippen LogP contribution is -2.23. The lowest BCUT2D eigenvalue weighted by molar-refractivity contribution is 0.534. The molecule has 0 saturated carbocycles. The van der Waals surface area contributed by atoms with Crippen molar-refractivity contribution in [3.8, 4) is 11.4 Å². The summed E-state index contributed by atoms with van der Waals surface area (Å²) in [6.45, 7) is 2.21. The number of nitrogens with zero attached hydrogens (tertiary/aromatic N) is 4. The van der Waals surface area contributed by atoms with Crippen molar-refractivity contribution >= 4 is 15.5 Å². The van der Waals surface area contributed by atoms with Crippen LogP contribution in [0.4, 0.5) is 5.69 Å². The topological polar surface area (TPSA) is 104 Å². The van der Waals surface area contributed by atoms with E-state index in [0.717, 1.165) is 11.1 Å². The molecule has 1 atom stereocenters. The lowest BCUT2D eigenvalue weighted by atomic mass is 10.1. The molecule has 2 N–H and O–H groups in total. The SMILES string of the molecule is Cc1cc(-c2nnnn2CC2CCCS2(=O)=O)ccc1N. The maximum absolute atomic E-state index is 11.9. The molecule has 2 heterocycles. The Morgan fingerprint density at radius 1 is 1.43 bits per heavy atom. The van der Waals surface area contributed by atoms with Crippen molar-refractivity contribution in [3.05, 3.63) is 23.8 Å². The number of tetrazole rings is 1. The van der Waals surface area contributed by atoms with E-state index in [0.29, 0.717) is 30.9 Å². The molecule has 1 saturated heterocycles. The molecule has 3 rings (SSSR count).